The van der Waals surface area contributed by atoms with Crippen LogP contribution in [0.3, 0.4) is 0 Å². The minimum absolute atomic E-state index is 0.335. The third-order valence-electron chi connectivity index (χ3n) is 2.78. The van der Waals surface area contributed by atoms with E-state index in [9.17, 15) is 5.11 Å². The van der Waals surface area contributed by atoms with Crippen molar-refractivity contribution < 1.29 is 5.11 Å². The smallest absolute Gasteiger partial charge is 0.121 e. The predicted octanol–water partition coefficient (Wildman–Crippen LogP) is 3.80. The van der Waals surface area contributed by atoms with Gasteiger partial charge in [-0.05, 0) is 49.2 Å². The SMILES string of the molecule is Cc1cc(C(=S)Nc2ccccc2)cc(C)c1O. The summed E-state index contributed by atoms with van der Waals surface area (Å²) in [5.74, 6) is 0.335. The third kappa shape index (κ3) is 2.68. The predicted molar refractivity (Wildman–Crippen MR) is 79.3 cm³/mol. The van der Waals surface area contributed by atoms with Gasteiger partial charge in [-0.15, -0.1) is 0 Å². The van der Waals surface area contributed by atoms with Gasteiger partial charge in [0.05, 0.1) is 0 Å². The van der Waals surface area contributed by atoms with Crippen LogP contribution >= 0.6 is 12.2 Å². The first kappa shape index (κ1) is 12.6. The standard InChI is InChI=1S/C15H15NOS/c1-10-8-12(9-11(2)14(10)17)15(18)16-13-6-4-3-5-7-13/h3-9,17H,1-2H3,(H,16,18). The lowest BCUT2D eigenvalue weighted by atomic mass is 10.1. The van der Waals surface area contributed by atoms with Gasteiger partial charge >= 0.3 is 0 Å². The van der Waals surface area contributed by atoms with Crippen molar-refractivity contribution in [3.05, 3.63) is 59.2 Å². The van der Waals surface area contributed by atoms with E-state index >= 15 is 0 Å². The molecule has 0 radical (unpaired) electrons. The van der Waals surface area contributed by atoms with Gasteiger partial charge < -0.3 is 10.4 Å². The van der Waals surface area contributed by atoms with E-state index < -0.39 is 0 Å². The molecule has 0 atom stereocenters. The van der Waals surface area contributed by atoms with Crippen molar-refractivity contribution in [2.75, 3.05) is 5.32 Å². The molecule has 0 heterocycles. The molecule has 2 nitrogen and oxygen atoms in total. The Morgan fingerprint density at radius 3 is 2.17 bits per heavy atom. The molecule has 2 aromatic carbocycles. The highest BCUT2D eigenvalue weighted by atomic mass is 32.1. The topological polar surface area (TPSA) is 32.3 Å². The van der Waals surface area contributed by atoms with Gasteiger partial charge in [-0.1, -0.05) is 30.4 Å². The van der Waals surface area contributed by atoms with Crippen molar-refractivity contribution in [2.24, 2.45) is 0 Å². The van der Waals surface area contributed by atoms with Crippen molar-refractivity contribution in [3.8, 4) is 5.75 Å². The van der Waals surface area contributed by atoms with E-state index in [1.807, 2.05) is 56.3 Å². The first-order valence-corrected chi connectivity index (χ1v) is 6.15. The fraction of sp³-hybridized carbons (Fsp3) is 0.133. The molecular formula is C15H15NOS. The fourth-order valence-corrected chi connectivity index (χ4v) is 2.05. The summed E-state index contributed by atoms with van der Waals surface area (Å²) in [4.78, 5) is 0.660. The largest absolute Gasteiger partial charge is 0.507 e. The third-order valence-corrected chi connectivity index (χ3v) is 3.12. The highest BCUT2D eigenvalue weighted by Crippen LogP contribution is 2.23. The Bertz CT molecular complexity index is 555. The van der Waals surface area contributed by atoms with Gasteiger partial charge in [0.2, 0.25) is 0 Å². The zero-order chi connectivity index (χ0) is 13.1. The Morgan fingerprint density at radius 1 is 1.06 bits per heavy atom. The molecule has 0 unspecified atom stereocenters. The van der Waals surface area contributed by atoms with Gasteiger partial charge in [0.15, 0.2) is 0 Å². The first-order chi connectivity index (χ1) is 8.58. The Kier molecular flexibility index (Phi) is 3.63. The van der Waals surface area contributed by atoms with E-state index in [1.54, 1.807) is 0 Å². The van der Waals surface area contributed by atoms with Gasteiger partial charge in [-0.3, -0.25) is 0 Å². The minimum Gasteiger partial charge on any atom is -0.507 e. The number of phenolic OH excluding ortho intramolecular Hbond substituents is 1. The maximum atomic E-state index is 9.74. The number of aryl methyl sites for hydroxylation is 2. The Labute approximate surface area is 112 Å². The van der Waals surface area contributed by atoms with Crippen molar-refractivity contribution in [1.29, 1.82) is 0 Å². The fourth-order valence-electron chi connectivity index (χ4n) is 1.81. The molecule has 2 rings (SSSR count). The lowest BCUT2D eigenvalue weighted by Crippen LogP contribution is -2.10. The highest BCUT2D eigenvalue weighted by molar-refractivity contribution is 7.81. The molecular weight excluding hydrogens is 242 g/mol. The van der Waals surface area contributed by atoms with Gasteiger partial charge in [0.25, 0.3) is 0 Å². The molecule has 0 aliphatic rings. The molecule has 0 spiro atoms. The number of nitrogens with one attached hydrogen (secondary N) is 1. The van der Waals surface area contributed by atoms with Crippen LogP contribution in [0.4, 0.5) is 5.69 Å². The van der Waals surface area contributed by atoms with Crippen molar-refractivity contribution >= 4 is 22.9 Å². The highest BCUT2D eigenvalue weighted by Gasteiger charge is 2.07. The lowest BCUT2D eigenvalue weighted by Gasteiger charge is -2.11. The molecule has 92 valence electrons. The van der Waals surface area contributed by atoms with Crippen LogP contribution in [0.15, 0.2) is 42.5 Å². The molecule has 2 aromatic rings. The van der Waals surface area contributed by atoms with Crippen molar-refractivity contribution in [3.63, 3.8) is 0 Å². The summed E-state index contributed by atoms with van der Waals surface area (Å²) in [6.07, 6.45) is 0. The molecule has 0 amide bonds. The molecule has 0 fully saturated rings. The number of benzene rings is 2. The van der Waals surface area contributed by atoms with Gasteiger partial charge in [-0.2, -0.15) is 0 Å². The van der Waals surface area contributed by atoms with Gasteiger partial charge in [0.1, 0.15) is 10.7 Å². The van der Waals surface area contributed by atoms with Crippen LogP contribution in [0.5, 0.6) is 5.75 Å². The van der Waals surface area contributed by atoms with Crippen LogP contribution in [0.2, 0.25) is 0 Å². The van der Waals surface area contributed by atoms with E-state index in [1.165, 1.54) is 0 Å². The molecule has 0 aliphatic heterocycles. The molecule has 0 saturated heterocycles. The quantitative estimate of drug-likeness (QED) is 0.803. The summed E-state index contributed by atoms with van der Waals surface area (Å²) < 4.78 is 0. The number of hydrogen-bond acceptors (Lipinski definition) is 2. The van der Waals surface area contributed by atoms with Crippen LogP contribution in [-0.2, 0) is 0 Å². The zero-order valence-electron chi connectivity index (χ0n) is 10.4. The number of rotatable bonds is 2. The summed E-state index contributed by atoms with van der Waals surface area (Å²) in [6, 6.07) is 13.6. The number of anilines is 1. The Hall–Kier alpha value is -1.87. The second-order valence-corrected chi connectivity index (χ2v) is 4.69. The Morgan fingerprint density at radius 2 is 1.61 bits per heavy atom. The summed E-state index contributed by atoms with van der Waals surface area (Å²) in [6.45, 7) is 3.74. The molecule has 0 aromatic heterocycles. The summed E-state index contributed by atoms with van der Waals surface area (Å²) >= 11 is 5.37. The van der Waals surface area contributed by atoms with Gasteiger partial charge in [0, 0.05) is 11.3 Å². The first-order valence-electron chi connectivity index (χ1n) is 5.74. The number of para-hydroxylation sites is 1. The van der Waals surface area contributed by atoms with Crippen LogP contribution in [0.25, 0.3) is 0 Å². The van der Waals surface area contributed by atoms with Crippen molar-refractivity contribution in [1.82, 2.24) is 0 Å². The van der Waals surface area contributed by atoms with E-state index in [0.717, 1.165) is 22.4 Å². The maximum absolute atomic E-state index is 9.74. The molecule has 2 N–H and O–H groups in total. The van der Waals surface area contributed by atoms with Crippen LogP contribution in [0, 0.1) is 13.8 Å². The molecule has 18 heavy (non-hydrogen) atoms. The summed E-state index contributed by atoms with van der Waals surface area (Å²) in [5, 5.41) is 12.9. The lowest BCUT2D eigenvalue weighted by molar-refractivity contribution is 0.467. The monoisotopic (exact) mass is 257 g/mol. The second-order valence-electron chi connectivity index (χ2n) is 4.28. The number of hydrogen-bond donors (Lipinski definition) is 2. The molecule has 3 heteroatoms. The van der Waals surface area contributed by atoms with E-state index in [0.29, 0.717) is 10.7 Å². The van der Waals surface area contributed by atoms with E-state index in [4.69, 9.17) is 12.2 Å². The number of aromatic hydroxyl groups is 1. The average Bonchev–Trinajstić information content (AvgIpc) is 2.36. The number of thiocarbonyl (C=S) groups is 1. The van der Waals surface area contributed by atoms with Crippen LogP contribution < -0.4 is 5.32 Å². The van der Waals surface area contributed by atoms with E-state index in [2.05, 4.69) is 5.32 Å². The zero-order valence-corrected chi connectivity index (χ0v) is 11.2. The second kappa shape index (κ2) is 5.19. The number of phenols is 1. The minimum atomic E-state index is 0.335. The molecule has 0 bridgehead atoms. The van der Waals surface area contributed by atoms with Crippen molar-refractivity contribution in [2.45, 2.75) is 13.8 Å². The van der Waals surface area contributed by atoms with Crippen LogP contribution in [0.1, 0.15) is 16.7 Å². The van der Waals surface area contributed by atoms with E-state index in [-0.39, 0.29) is 0 Å². The molecule has 0 aliphatic carbocycles. The van der Waals surface area contributed by atoms with Crippen LogP contribution in [-0.4, -0.2) is 10.1 Å². The average molecular weight is 257 g/mol. The van der Waals surface area contributed by atoms with Gasteiger partial charge in [-0.25, -0.2) is 0 Å². The summed E-state index contributed by atoms with van der Waals surface area (Å²) in [7, 11) is 0. The Balaban J connectivity index is 2.25. The molecule has 0 saturated carbocycles. The maximum Gasteiger partial charge on any atom is 0.121 e. The normalized spacial score (nSPS) is 10.1. The summed E-state index contributed by atoms with van der Waals surface area (Å²) in [5.41, 5.74) is 3.55.